The van der Waals surface area contributed by atoms with Crippen LogP contribution in [0.2, 0.25) is 0 Å². The molecule has 1 aliphatic heterocycles. The van der Waals surface area contributed by atoms with Gasteiger partial charge in [-0.2, -0.15) is 0 Å². The van der Waals surface area contributed by atoms with Gasteiger partial charge in [-0.25, -0.2) is 9.34 Å². The van der Waals surface area contributed by atoms with E-state index in [1.807, 2.05) is 30.5 Å². The third-order valence-electron chi connectivity index (χ3n) is 2.65. The summed E-state index contributed by atoms with van der Waals surface area (Å²) in [7, 11) is 3.37. The van der Waals surface area contributed by atoms with Crippen LogP contribution in [-0.2, 0) is 4.57 Å². The van der Waals surface area contributed by atoms with Crippen molar-refractivity contribution in [3.05, 3.63) is 0 Å². The molecule has 0 radical (unpaired) electrons. The third kappa shape index (κ3) is 1.96. The zero-order chi connectivity index (χ0) is 10.1. The molecular formula is C9H17N2OP. The van der Waals surface area contributed by atoms with Gasteiger partial charge in [-0.15, -0.1) is 12.3 Å². The van der Waals surface area contributed by atoms with Crippen molar-refractivity contribution in [3.63, 3.8) is 0 Å². The summed E-state index contributed by atoms with van der Waals surface area (Å²) >= 11 is 0. The Morgan fingerprint density at radius 1 is 1.62 bits per heavy atom. The Kier molecular flexibility index (Phi) is 3.18. The Hall–Kier alpha value is -0.290. The molecule has 0 aromatic heterocycles. The minimum absolute atomic E-state index is 0.270. The van der Waals surface area contributed by atoms with E-state index < -0.39 is 7.44 Å². The summed E-state index contributed by atoms with van der Waals surface area (Å²) in [6.45, 7) is 0.756. The summed E-state index contributed by atoms with van der Waals surface area (Å²) in [5, 5.41) is 0. The van der Waals surface area contributed by atoms with Crippen LogP contribution in [0.5, 0.6) is 0 Å². The van der Waals surface area contributed by atoms with Crippen molar-refractivity contribution in [3.8, 4) is 12.3 Å². The number of hydrogen-bond acceptors (Lipinski definition) is 1. The van der Waals surface area contributed by atoms with Crippen LogP contribution in [0.1, 0.15) is 6.42 Å². The van der Waals surface area contributed by atoms with Gasteiger partial charge in [0.05, 0.1) is 0 Å². The van der Waals surface area contributed by atoms with Gasteiger partial charge in [0.15, 0.2) is 0 Å². The maximum absolute atomic E-state index is 12.3. The summed E-state index contributed by atoms with van der Waals surface area (Å²) in [5.41, 5.74) is 0. The Morgan fingerprint density at radius 2 is 2.23 bits per heavy atom. The molecule has 0 aliphatic carbocycles. The quantitative estimate of drug-likeness (QED) is 0.471. The first kappa shape index (κ1) is 10.8. The molecule has 0 N–H and O–H groups in total. The highest BCUT2D eigenvalue weighted by atomic mass is 31.2. The molecule has 0 amide bonds. The Labute approximate surface area is 80.6 Å². The van der Waals surface area contributed by atoms with Crippen LogP contribution < -0.4 is 0 Å². The molecular weight excluding hydrogens is 183 g/mol. The van der Waals surface area contributed by atoms with E-state index in [4.69, 9.17) is 6.42 Å². The normalized spacial score (nSPS) is 36.1. The van der Waals surface area contributed by atoms with Crippen LogP contribution in [-0.4, -0.2) is 43.2 Å². The van der Waals surface area contributed by atoms with Gasteiger partial charge in [0, 0.05) is 18.6 Å². The van der Waals surface area contributed by atoms with Gasteiger partial charge < -0.3 is 0 Å². The summed E-state index contributed by atoms with van der Waals surface area (Å²) < 4.78 is 16.1. The van der Waals surface area contributed by atoms with Crippen LogP contribution in [0.25, 0.3) is 0 Å². The number of hydrogen-bond donors (Lipinski definition) is 0. The molecule has 74 valence electrons. The molecule has 0 aromatic carbocycles. The molecule has 1 heterocycles. The van der Waals surface area contributed by atoms with E-state index in [-0.39, 0.29) is 5.92 Å². The lowest BCUT2D eigenvalue weighted by Crippen LogP contribution is -2.35. The van der Waals surface area contributed by atoms with Crippen molar-refractivity contribution in [1.82, 2.24) is 9.34 Å². The second-order valence-corrected chi connectivity index (χ2v) is 6.99. The van der Waals surface area contributed by atoms with E-state index in [2.05, 4.69) is 5.92 Å². The Morgan fingerprint density at radius 3 is 2.62 bits per heavy atom. The molecule has 4 heteroatoms. The fourth-order valence-corrected chi connectivity index (χ4v) is 4.13. The van der Waals surface area contributed by atoms with Gasteiger partial charge in [-0.05, 0) is 27.6 Å². The second kappa shape index (κ2) is 3.84. The predicted molar refractivity (Wildman–Crippen MR) is 55.7 cm³/mol. The van der Waals surface area contributed by atoms with Gasteiger partial charge in [0.1, 0.15) is 0 Å². The van der Waals surface area contributed by atoms with Crippen LogP contribution >= 0.6 is 7.44 Å². The van der Waals surface area contributed by atoms with Crippen molar-refractivity contribution in [2.45, 2.75) is 6.42 Å². The van der Waals surface area contributed by atoms with E-state index in [1.165, 1.54) is 0 Å². The molecule has 1 rings (SSSR count). The average Bonchev–Trinajstić information content (AvgIpc) is 2.09. The lowest BCUT2D eigenvalue weighted by Gasteiger charge is -2.38. The zero-order valence-electron chi connectivity index (χ0n) is 8.53. The highest BCUT2D eigenvalue weighted by molar-refractivity contribution is 7.59. The molecule has 2 atom stereocenters. The lowest BCUT2D eigenvalue weighted by molar-refractivity contribution is 0.355. The van der Waals surface area contributed by atoms with Crippen molar-refractivity contribution in [2.75, 3.05) is 33.8 Å². The van der Waals surface area contributed by atoms with Crippen LogP contribution in [0.4, 0.5) is 0 Å². The van der Waals surface area contributed by atoms with Gasteiger partial charge >= 0.3 is 0 Å². The van der Waals surface area contributed by atoms with E-state index in [0.717, 1.165) is 13.0 Å². The highest BCUT2D eigenvalue weighted by Gasteiger charge is 2.35. The second-order valence-electron chi connectivity index (χ2n) is 3.73. The molecule has 2 unspecified atom stereocenters. The van der Waals surface area contributed by atoms with Crippen LogP contribution in [0.3, 0.4) is 0 Å². The maximum Gasteiger partial charge on any atom is 0.215 e. The molecule has 13 heavy (non-hydrogen) atoms. The zero-order valence-corrected chi connectivity index (χ0v) is 9.42. The van der Waals surface area contributed by atoms with Crippen molar-refractivity contribution in [1.29, 1.82) is 0 Å². The third-order valence-corrected chi connectivity index (χ3v) is 5.97. The summed E-state index contributed by atoms with van der Waals surface area (Å²) in [6, 6.07) is 0. The summed E-state index contributed by atoms with van der Waals surface area (Å²) in [5.74, 6) is 3.00. The van der Waals surface area contributed by atoms with E-state index in [9.17, 15) is 4.57 Å². The molecule has 1 fully saturated rings. The van der Waals surface area contributed by atoms with Crippen LogP contribution in [0, 0.1) is 18.3 Å². The van der Waals surface area contributed by atoms with E-state index in [1.54, 1.807) is 0 Å². The average molecular weight is 200 g/mol. The van der Waals surface area contributed by atoms with Crippen molar-refractivity contribution < 1.29 is 4.57 Å². The standard InChI is InChI=1S/C9H17N2OP/c1-5-9-6-7-13(12,10(2)3)11(4)8-9/h1,9H,6-8H2,2-4H3. The van der Waals surface area contributed by atoms with Crippen molar-refractivity contribution in [2.24, 2.45) is 5.92 Å². The van der Waals surface area contributed by atoms with Gasteiger partial charge in [-0.3, -0.25) is 4.57 Å². The minimum Gasteiger partial charge on any atom is -0.289 e. The number of terminal acetylenes is 1. The van der Waals surface area contributed by atoms with Gasteiger partial charge in [0.25, 0.3) is 0 Å². The Balaban J connectivity index is 2.75. The highest BCUT2D eigenvalue weighted by Crippen LogP contribution is 2.54. The minimum atomic E-state index is -2.26. The molecule has 1 saturated heterocycles. The monoisotopic (exact) mass is 200 g/mol. The van der Waals surface area contributed by atoms with E-state index in [0.29, 0.717) is 6.16 Å². The first-order valence-electron chi connectivity index (χ1n) is 4.45. The first-order valence-corrected chi connectivity index (χ1v) is 6.25. The molecule has 0 spiro atoms. The SMILES string of the molecule is C#CC1CCP(=O)(N(C)C)N(C)C1. The van der Waals surface area contributed by atoms with Gasteiger partial charge in [-0.1, -0.05) is 0 Å². The summed E-state index contributed by atoms with van der Waals surface area (Å²) in [6.07, 6.45) is 6.95. The fourth-order valence-electron chi connectivity index (χ4n) is 1.67. The largest absolute Gasteiger partial charge is 0.289 e. The summed E-state index contributed by atoms with van der Waals surface area (Å²) in [4.78, 5) is 0. The number of nitrogens with zero attached hydrogens (tertiary/aromatic N) is 2. The number of rotatable bonds is 1. The lowest BCUT2D eigenvalue weighted by atomic mass is 10.1. The topological polar surface area (TPSA) is 23.6 Å². The first-order chi connectivity index (χ1) is 6.00. The Bertz CT molecular complexity index is 269. The van der Waals surface area contributed by atoms with E-state index >= 15 is 0 Å². The van der Waals surface area contributed by atoms with Crippen molar-refractivity contribution >= 4 is 7.44 Å². The fraction of sp³-hybridized carbons (Fsp3) is 0.778. The molecule has 0 bridgehead atoms. The predicted octanol–water partition coefficient (Wildman–Crippen LogP) is 1.33. The van der Waals surface area contributed by atoms with Gasteiger partial charge in [0.2, 0.25) is 7.44 Å². The molecule has 1 aliphatic rings. The molecule has 3 nitrogen and oxygen atoms in total. The van der Waals surface area contributed by atoms with Crippen LogP contribution in [0.15, 0.2) is 0 Å². The smallest absolute Gasteiger partial charge is 0.215 e. The molecule has 0 aromatic rings. The molecule has 0 saturated carbocycles. The maximum atomic E-state index is 12.3.